The zero-order chi connectivity index (χ0) is 21.6. The van der Waals surface area contributed by atoms with Gasteiger partial charge in [0.15, 0.2) is 15.6 Å². The standard InChI is InChI=1S/C18H22N4O6S/c1-18(2,3)29(26,27)16-8-13-11(12-7-14(17(24)25)21(4)20-12)9-19-22(13)10-15(16)28-6-5-23/h7-10,23H,5-6H2,1-4H3,(H,24,25). The fraction of sp³-hybridized carbons (Fsp3) is 0.389. The molecule has 0 aliphatic heterocycles. The van der Waals surface area contributed by atoms with Crippen molar-refractivity contribution in [3.63, 3.8) is 0 Å². The van der Waals surface area contributed by atoms with Crippen molar-refractivity contribution in [1.29, 1.82) is 0 Å². The molecule has 2 N–H and O–H groups in total. The van der Waals surface area contributed by atoms with E-state index < -0.39 is 20.6 Å². The van der Waals surface area contributed by atoms with Gasteiger partial charge in [-0.05, 0) is 32.9 Å². The van der Waals surface area contributed by atoms with Crippen LogP contribution in [-0.2, 0) is 16.9 Å². The zero-order valence-electron chi connectivity index (χ0n) is 16.4. The second-order valence-electron chi connectivity index (χ2n) is 7.42. The summed E-state index contributed by atoms with van der Waals surface area (Å²) >= 11 is 0. The molecule has 3 heterocycles. The largest absolute Gasteiger partial charge is 0.488 e. The molecule has 0 unspecified atom stereocenters. The number of aromatic carboxylic acids is 1. The van der Waals surface area contributed by atoms with Gasteiger partial charge in [0.25, 0.3) is 0 Å². The van der Waals surface area contributed by atoms with E-state index in [2.05, 4.69) is 10.2 Å². The summed E-state index contributed by atoms with van der Waals surface area (Å²) in [6, 6.07) is 2.83. The highest BCUT2D eigenvalue weighted by molar-refractivity contribution is 7.92. The Bertz CT molecular complexity index is 1190. The van der Waals surface area contributed by atoms with Crippen LogP contribution in [-0.4, -0.2) is 62.0 Å². The van der Waals surface area contributed by atoms with Gasteiger partial charge in [-0.3, -0.25) is 4.68 Å². The molecule has 10 nitrogen and oxygen atoms in total. The zero-order valence-corrected chi connectivity index (χ0v) is 17.3. The average Bonchev–Trinajstić information content (AvgIpc) is 3.20. The molecule has 0 atom stereocenters. The van der Waals surface area contributed by atoms with E-state index in [1.165, 1.54) is 40.8 Å². The molecule has 0 bridgehead atoms. The minimum absolute atomic E-state index is 0.00946. The van der Waals surface area contributed by atoms with Crippen molar-refractivity contribution < 1.29 is 28.2 Å². The van der Waals surface area contributed by atoms with Gasteiger partial charge in [0, 0.05) is 12.6 Å². The Balaban J connectivity index is 2.26. The van der Waals surface area contributed by atoms with Gasteiger partial charge in [-0.25, -0.2) is 17.7 Å². The third kappa shape index (κ3) is 3.58. The Hall–Kier alpha value is -2.92. The molecule has 0 aliphatic rings. The number of sulfone groups is 1. The molecule has 3 rings (SSSR count). The minimum Gasteiger partial charge on any atom is -0.488 e. The number of rotatable bonds is 6. The molecule has 0 saturated carbocycles. The molecule has 0 amide bonds. The van der Waals surface area contributed by atoms with Crippen molar-refractivity contribution in [3.05, 3.63) is 30.2 Å². The first-order valence-corrected chi connectivity index (χ1v) is 10.2. The quantitative estimate of drug-likeness (QED) is 0.608. The van der Waals surface area contributed by atoms with Gasteiger partial charge in [0.1, 0.15) is 17.2 Å². The minimum atomic E-state index is -3.79. The molecule has 0 fully saturated rings. The van der Waals surface area contributed by atoms with E-state index in [-0.39, 0.29) is 29.6 Å². The summed E-state index contributed by atoms with van der Waals surface area (Å²) in [4.78, 5) is 11.3. The monoisotopic (exact) mass is 422 g/mol. The lowest BCUT2D eigenvalue weighted by molar-refractivity contribution is 0.0685. The van der Waals surface area contributed by atoms with Crippen LogP contribution >= 0.6 is 0 Å². The van der Waals surface area contributed by atoms with E-state index in [1.54, 1.807) is 20.8 Å². The molecule has 0 spiro atoms. The van der Waals surface area contributed by atoms with Gasteiger partial charge in [0.2, 0.25) is 0 Å². The Morgan fingerprint density at radius 3 is 2.52 bits per heavy atom. The number of aromatic nitrogens is 4. The molecule has 11 heteroatoms. The lowest BCUT2D eigenvalue weighted by atomic mass is 10.2. The molecule has 0 radical (unpaired) electrons. The predicted octanol–water partition coefficient (Wildman–Crippen LogP) is 1.38. The lowest BCUT2D eigenvalue weighted by Crippen LogP contribution is -2.28. The Morgan fingerprint density at radius 1 is 1.28 bits per heavy atom. The number of fused-ring (bicyclic) bond motifs is 1. The average molecular weight is 422 g/mol. The maximum absolute atomic E-state index is 13.1. The van der Waals surface area contributed by atoms with E-state index in [0.29, 0.717) is 16.8 Å². The smallest absolute Gasteiger partial charge is 0.354 e. The van der Waals surface area contributed by atoms with Crippen LogP contribution in [0.25, 0.3) is 16.8 Å². The van der Waals surface area contributed by atoms with Crippen molar-refractivity contribution in [2.24, 2.45) is 7.05 Å². The van der Waals surface area contributed by atoms with E-state index in [1.807, 2.05) is 0 Å². The highest BCUT2D eigenvalue weighted by atomic mass is 32.2. The molecular formula is C18H22N4O6S. The number of aryl methyl sites for hydroxylation is 1. The van der Waals surface area contributed by atoms with Gasteiger partial charge in [0.05, 0.1) is 35.0 Å². The Morgan fingerprint density at radius 2 is 1.97 bits per heavy atom. The van der Waals surface area contributed by atoms with Crippen LogP contribution in [0.5, 0.6) is 5.75 Å². The van der Waals surface area contributed by atoms with E-state index >= 15 is 0 Å². The lowest BCUT2D eigenvalue weighted by Gasteiger charge is -2.21. The Labute approximate surface area is 167 Å². The highest BCUT2D eigenvalue weighted by Gasteiger charge is 2.34. The van der Waals surface area contributed by atoms with E-state index in [0.717, 1.165) is 0 Å². The Kier molecular flexibility index (Phi) is 5.13. The number of hydrogen-bond donors (Lipinski definition) is 2. The third-order valence-corrected chi connectivity index (χ3v) is 6.91. The summed E-state index contributed by atoms with van der Waals surface area (Å²) in [5.41, 5.74) is 1.25. The van der Waals surface area contributed by atoms with Crippen LogP contribution in [0.15, 0.2) is 29.4 Å². The first-order chi connectivity index (χ1) is 13.5. The number of pyridine rings is 1. The fourth-order valence-corrected chi connectivity index (χ4v) is 4.09. The number of carboxylic acid groups (broad SMARTS) is 1. The molecule has 156 valence electrons. The highest BCUT2D eigenvalue weighted by Crippen LogP contribution is 2.35. The van der Waals surface area contributed by atoms with Gasteiger partial charge >= 0.3 is 5.97 Å². The van der Waals surface area contributed by atoms with Crippen LogP contribution in [0.4, 0.5) is 0 Å². The first-order valence-electron chi connectivity index (χ1n) is 8.74. The number of aliphatic hydroxyl groups is 1. The molecule has 29 heavy (non-hydrogen) atoms. The first kappa shape index (κ1) is 20.8. The normalized spacial score (nSPS) is 12.4. The van der Waals surface area contributed by atoms with Crippen LogP contribution in [0, 0.1) is 0 Å². The summed E-state index contributed by atoms with van der Waals surface area (Å²) in [7, 11) is -2.28. The van der Waals surface area contributed by atoms with Gasteiger partial charge < -0.3 is 14.9 Å². The third-order valence-electron chi connectivity index (χ3n) is 4.40. The predicted molar refractivity (Wildman–Crippen MR) is 104 cm³/mol. The second kappa shape index (κ2) is 7.16. The molecular weight excluding hydrogens is 400 g/mol. The molecule has 0 saturated heterocycles. The van der Waals surface area contributed by atoms with Crippen LogP contribution in [0.3, 0.4) is 0 Å². The molecule has 3 aromatic heterocycles. The summed E-state index contributed by atoms with van der Waals surface area (Å²) in [5, 5.41) is 26.7. The number of carbonyl (C=O) groups is 1. The summed E-state index contributed by atoms with van der Waals surface area (Å²) in [6.45, 7) is 4.39. The van der Waals surface area contributed by atoms with E-state index in [4.69, 9.17) is 9.84 Å². The van der Waals surface area contributed by atoms with Crippen LogP contribution in [0.2, 0.25) is 0 Å². The number of ether oxygens (including phenoxy) is 1. The SMILES string of the molecule is Cn1nc(-c2cnn3cc(OCCO)c(S(=O)(=O)C(C)(C)C)cc23)cc1C(=O)O. The number of nitrogens with zero attached hydrogens (tertiary/aromatic N) is 4. The molecule has 0 aliphatic carbocycles. The van der Waals surface area contributed by atoms with Crippen LogP contribution in [0.1, 0.15) is 31.3 Å². The number of hydrogen-bond acceptors (Lipinski definition) is 7. The van der Waals surface area contributed by atoms with Gasteiger partial charge in [-0.2, -0.15) is 10.2 Å². The van der Waals surface area contributed by atoms with Crippen molar-refractivity contribution in [1.82, 2.24) is 19.4 Å². The van der Waals surface area contributed by atoms with Crippen molar-refractivity contribution >= 4 is 21.3 Å². The topological polar surface area (TPSA) is 136 Å². The summed E-state index contributed by atoms with van der Waals surface area (Å²) < 4.78 is 33.3. The fourth-order valence-electron chi connectivity index (χ4n) is 2.79. The number of aliphatic hydroxyl groups excluding tert-OH is 1. The van der Waals surface area contributed by atoms with Crippen molar-refractivity contribution in [2.45, 2.75) is 30.4 Å². The molecule has 3 aromatic rings. The van der Waals surface area contributed by atoms with E-state index in [9.17, 15) is 18.3 Å². The van der Waals surface area contributed by atoms with Gasteiger partial charge in [-0.1, -0.05) is 0 Å². The second-order valence-corrected chi connectivity index (χ2v) is 10.1. The van der Waals surface area contributed by atoms with Crippen LogP contribution < -0.4 is 4.74 Å². The molecule has 0 aromatic carbocycles. The van der Waals surface area contributed by atoms with Crippen molar-refractivity contribution in [2.75, 3.05) is 13.2 Å². The summed E-state index contributed by atoms with van der Waals surface area (Å²) in [6.07, 6.45) is 2.90. The maximum atomic E-state index is 13.1. The summed E-state index contributed by atoms with van der Waals surface area (Å²) in [5.74, 6) is -1.05. The van der Waals surface area contributed by atoms with Gasteiger partial charge in [-0.15, -0.1) is 0 Å². The maximum Gasteiger partial charge on any atom is 0.354 e. The number of carboxylic acids is 1. The van der Waals surface area contributed by atoms with Crippen molar-refractivity contribution in [3.8, 4) is 17.0 Å².